The molecule has 0 radical (unpaired) electrons. The summed E-state index contributed by atoms with van der Waals surface area (Å²) in [4.78, 5) is 35.8. The average Bonchev–Trinajstić information content (AvgIpc) is 3.04. The molecule has 3 heterocycles. The number of hydrogen-bond acceptors (Lipinski definition) is 4. The lowest BCUT2D eigenvalue weighted by Gasteiger charge is -2.35. The minimum absolute atomic E-state index is 0.107. The number of nitrogens with zero attached hydrogens (tertiary/aromatic N) is 5. The third-order valence-electron chi connectivity index (χ3n) is 5.91. The van der Waals surface area contributed by atoms with Crippen LogP contribution in [0.5, 0.6) is 0 Å². The predicted octanol–water partition coefficient (Wildman–Crippen LogP) is 1.48. The van der Waals surface area contributed by atoms with Crippen LogP contribution in [0.1, 0.15) is 51.9 Å². The maximum Gasteiger partial charge on any atom is 0.392 e. The molecule has 1 saturated heterocycles. The van der Waals surface area contributed by atoms with Gasteiger partial charge in [0.05, 0.1) is 19.1 Å². The van der Waals surface area contributed by atoms with Gasteiger partial charge in [-0.2, -0.15) is 0 Å². The van der Waals surface area contributed by atoms with Crippen LogP contribution in [0.2, 0.25) is 0 Å². The van der Waals surface area contributed by atoms with Crippen LogP contribution in [0.3, 0.4) is 0 Å². The Hall–Kier alpha value is -1.92. The van der Waals surface area contributed by atoms with Crippen LogP contribution in [0.15, 0.2) is 4.99 Å². The first-order valence-corrected chi connectivity index (χ1v) is 9.71. The van der Waals surface area contributed by atoms with Crippen LogP contribution in [0.4, 0.5) is 4.79 Å². The van der Waals surface area contributed by atoms with Gasteiger partial charge in [-0.3, -0.25) is 19.5 Å². The molecule has 0 spiro atoms. The maximum atomic E-state index is 13.0. The molecule has 136 valence electrons. The van der Waals surface area contributed by atoms with Gasteiger partial charge in [0, 0.05) is 20.0 Å². The zero-order valence-electron chi connectivity index (χ0n) is 15.3. The highest BCUT2D eigenvalue weighted by molar-refractivity contribution is 6.22. The Labute approximate surface area is 149 Å². The van der Waals surface area contributed by atoms with Crippen molar-refractivity contribution in [3.05, 3.63) is 0 Å². The second kappa shape index (κ2) is 6.42. The van der Waals surface area contributed by atoms with E-state index in [9.17, 15) is 9.59 Å². The van der Waals surface area contributed by atoms with Crippen LogP contribution >= 0.6 is 0 Å². The number of carbonyl (C=O) groups is 2. The number of rotatable bonds is 3. The van der Waals surface area contributed by atoms with E-state index in [0.717, 1.165) is 31.9 Å². The molecule has 2 fully saturated rings. The molecule has 0 aromatic rings. The standard InChI is InChI=1S/C18H28N5O2/c1-3-10-23-16(24)14-15(20(2)18(23)25)19-17-21(11-7-12-22(14)17)13-8-5-4-6-9-13/h13-14H,3-12H2,1-2H3/q+1. The van der Waals surface area contributed by atoms with Gasteiger partial charge in [-0.25, -0.2) is 9.37 Å². The van der Waals surface area contributed by atoms with E-state index in [1.165, 1.54) is 37.0 Å². The van der Waals surface area contributed by atoms with Crippen LogP contribution in [-0.4, -0.2) is 81.8 Å². The van der Waals surface area contributed by atoms with Crippen LogP contribution in [0.25, 0.3) is 0 Å². The molecule has 0 aromatic heterocycles. The van der Waals surface area contributed by atoms with E-state index < -0.39 is 6.04 Å². The van der Waals surface area contributed by atoms with Crippen molar-refractivity contribution >= 4 is 23.7 Å². The van der Waals surface area contributed by atoms with E-state index in [-0.39, 0.29) is 11.9 Å². The monoisotopic (exact) mass is 346 g/mol. The van der Waals surface area contributed by atoms with Crippen molar-refractivity contribution < 1.29 is 14.2 Å². The molecule has 7 heteroatoms. The van der Waals surface area contributed by atoms with Gasteiger partial charge in [0.2, 0.25) is 11.9 Å². The van der Waals surface area contributed by atoms with Crippen LogP contribution in [0, 0.1) is 0 Å². The van der Waals surface area contributed by atoms with Crippen molar-refractivity contribution in [1.29, 1.82) is 0 Å². The molecule has 25 heavy (non-hydrogen) atoms. The average molecular weight is 346 g/mol. The summed E-state index contributed by atoms with van der Waals surface area (Å²) < 4.78 is 2.14. The summed E-state index contributed by atoms with van der Waals surface area (Å²) in [5, 5.41) is 0. The van der Waals surface area contributed by atoms with Crippen molar-refractivity contribution in [3.8, 4) is 0 Å². The Morgan fingerprint density at radius 1 is 1.16 bits per heavy atom. The Morgan fingerprint density at radius 2 is 1.92 bits per heavy atom. The van der Waals surface area contributed by atoms with Crippen molar-refractivity contribution in [2.75, 3.05) is 26.7 Å². The van der Waals surface area contributed by atoms with E-state index in [4.69, 9.17) is 4.99 Å². The number of likely N-dealkylation sites (N-methyl/N-ethyl adjacent to an activating group) is 1. The molecule has 0 aromatic carbocycles. The molecule has 3 aliphatic heterocycles. The van der Waals surface area contributed by atoms with Gasteiger partial charge >= 0.3 is 12.0 Å². The summed E-state index contributed by atoms with van der Waals surface area (Å²) in [7, 11) is 1.74. The van der Waals surface area contributed by atoms with Gasteiger partial charge in [-0.15, -0.1) is 0 Å². The minimum Gasteiger partial charge on any atom is -0.270 e. The van der Waals surface area contributed by atoms with Gasteiger partial charge < -0.3 is 0 Å². The number of urea groups is 1. The van der Waals surface area contributed by atoms with Crippen molar-refractivity contribution in [1.82, 2.24) is 14.7 Å². The first kappa shape index (κ1) is 16.5. The molecular weight excluding hydrogens is 318 g/mol. The lowest BCUT2D eigenvalue weighted by molar-refractivity contribution is -0.546. The smallest absolute Gasteiger partial charge is 0.270 e. The molecule has 1 atom stereocenters. The molecule has 3 amide bonds. The number of hydrogen-bond donors (Lipinski definition) is 0. The lowest BCUT2D eigenvalue weighted by Crippen LogP contribution is -2.63. The fourth-order valence-corrected chi connectivity index (χ4v) is 4.64. The zero-order valence-corrected chi connectivity index (χ0v) is 15.3. The number of amidine groups is 1. The number of carbonyl (C=O) groups excluding carboxylic acids is 2. The summed E-state index contributed by atoms with van der Waals surface area (Å²) in [5.74, 6) is 1.42. The highest BCUT2D eigenvalue weighted by Gasteiger charge is 2.54. The molecule has 4 rings (SSSR count). The van der Waals surface area contributed by atoms with Gasteiger partial charge in [0.1, 0.15) is 0 Å². The third-order valence-corrected chi connectivity index (χ3v) is 5.91. The summed E-state index contributed by atoms with van der Waals surface area (Å²) in [6, 6.07) is -0.138. The minimum atomic E-state index is -0.421. The first-order valence-electron chi connectivity index (χ1n) is 9.71. The molecule has 1 aliphatic carbocycles. The molecular formula is C18H28N5O2+. The van der Waals surface area contributed by atoms with Gasteiger partial charge in [0.25, 0.3) is 5.91 Å². The molecule has 0 N–H and O–H groups in total. The second-order valence-corrected chi connectivity index (χ2v) is 7.54. The first-order chi connectivity index (χ1) is 12.1. The Morgan fingerprint density at radius 3 is 2.64 bits per heavy atom. The number of aliphatic imine (C=N–C) groups is 1. The molecule has 1 saturated carbocycles. The van der Waals surface area contributed by atoms with Crippen molar-refractivity contribution in [2.45, 2.75) is 64.0 Å². The van der Waals surface area contributed by atoms with Crippen molar-refractivity contribution in [2.24, 2.45) is 4.99 Å². The SMILES string of the molecule is CCCN1C(=O)C2C(=NC3=[N+]2CCCN3C2CCCCC2)N(C)C1=O. The highest BCUT2D eigenvalue weighted by Crippen LogP contribution is 2.28. The topological polar surface area (TPSA) is 59.2 Å². The molecule has 0 bridgehead atoms. The second-order valence-electron chi connectivity index (χ2n) is 7.54. The summed E-state index contributed by atoms with van der Waals surface area (Å²) in [6.45, 7) is 4.30. The number of amides is 3. The zero-order chi connectivity index (χ0) is 17.6. The van der Waals surface area contributed by atoms with Crippen molar-refractivity contribution in [3.63, 3.8) is 0 Å². The number of guanidine groups is 1. The Bertz CT molecular complexity index is 650. The van der Waals surface area contributed by atoms with E-state index in [2.05, 4.69) is 9.48 Å². The van der Waals surface area contributed by atoms with Gasteiger partial charge in [-0.05, 0) is 19.3 Å². The highest BCUT2D eigenvalue weighted by atomic mass is 16.2. The largest absolute Gasteiger partial charge is 0.392 e. The van der Waals surface area contributed by atoms with Crippen LogP contribution < -0.4 is 0 Å². The van der Waals surface area contributed by atoms with E-state index in [0.29, 0.717) is 18.4 Å². The van der Waals surface area contributed by atoms with E-state index >= 15 is 0 Å². The number of fused-ring (bicyclic) bond motifs is 2. The summed E-state index contributed by atoms with van der Waals surface area (Å²) in [6.07, 6.45) is 8.09. The Balaban J connectivity index is 1.68. The van der Waals surface area contributed by atoms with E-state index in [1.807, 2.05) is 6.92 Å². The Kier molecular flexibility index (Phi) is 4.25. The fourth-order valence-electron chi connectivity index (χ4n) is 4.64. The lowest BCUT2D eigenvalue weighted by atomic mass is 9.94. The van der Waals surface area contributed by atoms with Gasteiger partial charge in [0.15, 0.2) is 0 Å². The summed E-state index contributed by atoms with van der Waals surface area (Å²) in [5.41, 5.74) is 0. The molecule has 4 aliphatic rings. The van der Waals surface area contributed by atoms with Crippen LogP contribution in [-0.2, 0) is 4.79 Å². The van der Waals surface area contributed by atoms with Gasteiger partial charge in [-0.1, -0.05) is 31.2 Å². The fraction of sp³-hybridized carbons (Fsp3) is 0.778. The normalized spacial score (nSPS) is 27.7. The summed E-state index contributed by atoms with van der Waals surface area (Å²) >= 11 is 0. The predicted molar refractivity (Wildman–Crippen MR) is 94.7 cm³/mol. The maximum absolute atomic E-state index is 13.0. The molecule has 1 unspecified atom stereocenters. The molecule has 7 nitrogen and oxygen atoms in total. The number of imide groups is 1. The quantitative estimate of drug-likeness (QED) is 0.727. The third kappa shape index (κ3) is 2.55. The van der Waals surface area contributed by atoms with E-state index in [1.54, 1.807) is 11.9 Å².